The first-order chi connectivity index (χ1) is 16.1. The average molecular weight is 440 g/mol. The maximum absolute atomic E-state index is 13.0. The van der Waals surface area contributed by atoms with Crippen molar-refractivity contribution in [3.8, 4) is 0 Å². The molecular formula is C28H25NO4. The van der Waals surface area contributed by atoms with Crippen molar-refractivity contribution in [1.82, 2.24) is 4.90 Å². The second-order valence-electron chi connectivity index (χ2n) is 9.21. The Morgan fingerprint density at radius 1 is 0.727 bits per heavy atom. The molecule has 5 nitrogen and oxygen atoms in total. The van der Waals surface area contributed by atoms with Crippen LogP contribution < -0.4 is 0 Å². The number of hydrogen-bond donors (Lipinski definition) is 0. The number of likely N-dealkylation sites (N-methyl/N-ethyl adjacent to an activating group) is 1. The monoisotopic (exact) mass is 439 g/mol. The smallest absolute Gasteiger partial charge is 0.338 e. The van der Waals surface area contributed by atoms with Crippen LogP contribution in [-0.4, -0.2) is 48.2 Å². The Hall–Kier alpha value is -3.44. The number of carbonyl (C=O) groups excluding carboxylic acids is 2. The van der Waals surface area contributed by atoms with Crippen LogP contribution >= 0.6 is 0 Å². The molecule has 3 aromatic carbocycles. The standard InChI is InChI=1S/C28H25NO4/c1-29-23-21-16-19-14-8-9-15-20(19)22(21)24(29)26(33-28(31)18-12-6-3-7-13-18)25(23)32-27(30)17-10-4-2-5-11-17/h2-15,21-26H,16H2,1H3. The molecule has 6 unspecified atom stereocenters. The second-order valence-corrected chi connectivity index (χ2v) is 9.21. The minimum atomic E-state index is -0.534. The summed E-state index contributed by atoms with van der Waals surface area (Å²) in [6.07, 6.45) is -0.103. The molecule has 2 heterocycles. The largest absolute Gasteiger partial charge is 0.453 e. The SMILES string of the molecule is CN1C2C3Cc4ccccc4C3C1C(OC(=O)c1ccccc1)C2OC(=O)c1ccccc1. The van der Waals surface area contributed by atoms with E-state index in [1.807, 2.05) is 36.4 Å². The highest BCUT2D eigenvalue weighted by molar-refractivity contribution is 5.90. The first kappa shape index (κ1) is 20.2. The molecule has 0 spiro atoms. The van der Waals surface area contributed by atoms with Gasteiger partial charge in [-0.2, -0.15) is 0 Å². The number of hydrogen-bond acceptors (Lipinski definition) is 5. The minimum absolute atomic E-state index is 0.00589. The summed E-state index contributed by atoms with van der Waals surface area (Å²) in [5, 5.41) is 0. The quantitative estimate of drug-likeness (QED) is 0.573. The Morgan fingerprint density at radius 2 is 1.24 bits per heavy atom. The highest BCUT2D eigenvalue weighted by Crippen LogP contribution is 2.57. The molecule has 0 N–H and O–H groups in total. The van der Waals surface area contributed by atoms with Crippen LogP contribution in [0.4, 0.5) is 0 Å². The van der Waals surface area contributed by atoms with Crippen LogP contribution in [0.1, 0.15) is 37.8 Å². The van der Waals surface area contributed by atoms with Gasteiger partial charge in [0.1, 0.15) is 0 Å². The van der Waals surface area contributed by atoms with Crippen molar-refractivity contribution in [2.45, 2.75) is 36.6 Å². The van der Waals surface area contributed by atoms with E-state index < -0.39 is 12.2 Å². The molecule has 0 aromatic heterocycles. The van der Waals surface area contributed by atoms with E-state index in [0.717, 1.165) is 6.42 Å². The first-order valence-corrected chi connectivity index (χ1v) is 11.5. The van der Waals surface area contributed by atoms with Crippen molar-refractivity contribution in [2.75, 3.05) is 7.05 Å². The minimum Gasteiger partial charge on any atom is -0.453 e. The van der Waals surface area contributed by atoms with Crippen molar-refractivity contribution >= 4 is 11.9 Å². The number of benzene rings is 3. The van der Waals surface area contributed by atoms with Crippen molar-refractivity contribution in [1.29, 1.82) is 0 Å². The van der Waals surface area contributed by atoms with Crippen LogP contribution in [0.15, 0.2) is 84.9 Å². The van der Waals surface area contributed by atoms with Crippen LogP contribution in [0.3, 0.4) is 0 Å². The van der Waals surface area contributed by atoms with E-state index in [-0.39, 0.29) is 29.9 Å². The lowest BCUT2D eigenvalue weighted by Crippen LogP contribution is -2.49. The van der Waals surface area contributed by atoms with Gasteiger partial charge >= 0.3 is 11.9 Å². The summed E-state index contributed by atoms with van der Waals surface area (Å²) >= 11 is 0. The second kappa shape index (κ2) is 7.85. The number of esters is 2. The summed E-state index contributed by atoms with van der Waals surface area (Å²) in [6.45, 7) is 0. The molecule has 6 atom stereocenters. The van der Waals surface area contributed by atoms with E-state index in [0.29, 0.717) is 17.0 Å². The molecule has 3 aromatic rings. The van der Waals surface area contributed by atoms with E-state index in [2.05, 4.69) is 36.2 Å². The van der Waals surface area contributed by atoms with Crippen LogP contribution in [0.5, 0.6) is 0 Å². The Balaban J connectivity index is 1.35. The Bertz CT molecular complexity index is 1190. The lowest BCUT2D eigenvalue weighted by Gasteiger charge is -2.35. The van der Waals surface area contributed by atoms with Gasteiger partial charge in [-0.3, -0.25) is 4.90 Å². The molecule has 5 heteroatoms. The van der Waals surface area contributed by atoms with Gasteiger partial charge < -0.3 is 9.47 Å². The van der Waals surface area contributed by atoms with Gasteiger partial charge in [0.25, 0.3) is 0 Å². The normalized spacial score (nSPS) is 29.4. The fourth-order valence-electron chi connectivity index (χ4n) is 6.29. The Labute approximate surface area is 192 Å². The molecule has 0 radical (unpaired) electrons. The van der Waals surface area contributed by atoms with E-state index in [4.69, 9.17) is 9.47 Å². The van der Waals surface area contributed by atoms with Gasteiger partial charge in [-0.25, -0.2) is 9.59 Å². The lowest BCUT2D eigenvalue weighted by atomic mass is 9.76. The number of fused-ring (bicyclic) bond motifs is 7. The van der Waals surface area contributed by atoms with Crippen molar-refractivity contribution in [3.05, 3.63) is 107 Å². The highest BCUT2D eigenvalue weighted by Gasteiger charge is 2.66. The first-order valence-electron chi connectivity index (χ1n) is 11.5. The van der Waals surface area contributed by atoms with Crippen molar-refractivity contribution in [2.24, 2.45) is 5.92 Å². The van der Waals surface area contributed by atoms with Crippen LogP contribution in [-0.2, 0) is 15.9 Å². The van der Waals surface area contributed by atoms with Crippen LogP contribution in [0.25, 0.3) is 0 Å². The lowest BCUT2D eigenvalue weighted by molar-refractivity contribution is -0.0491. The van der Waals surface area contributed by atoms with Crippen molar-refractivity contribution in [3.63, 3.8) is 0 Å². The van der Waals surface area contributed by atoms with E-state index >= 15 is 0 Å². The maximum atomic E-state index is 13.0. The van der Waals surface area contributed by atoms with Gasteiger partial charge in [-0.1, -0.05) is 60.7 Å². The molecule has 166 valence electrons. The number of carbonyl (C=O) groups is 2. The highest BCUT2D eigenvalue weighted by atomic mass is 16.6. The van der Waals surface area contributed by atoms with E-state index in [9.17, 15) is 9.59 Å². The van der Waals surface area contributed by atoms with E-state index in [1.165, 1.54) is 11.1 Å². The summed E-state index contributed by atoms with van der Waals surface area (Å²) in [4.78, 5) is 28.3. The molecule has 0 amide bonds. The van der Waals surface area contributed by atoms with Gasteiger partial charge in [0.05, 0.1) is 23.2 Å². The molecular weight excluding hydrogens is 414 g/mol. The Morgan fingerprint density at radius 3 is 1.85 bits per heavy atom. The molecule has 2 fully saturated rings. The summed E-state index contributed by atoms with van der Waals surface area (Å²) in [6, 6.07) is 26.5. The predicted molar refractivity (Wildman–Crippen MR) is 123 cm³/mol. The molecule has 33 heavy (non-hydrogen) atoms. The summed E-state index contributed by atoms with van der Waals surface area (Å²) in [5.41, 5.74) is 3.68. The average Bonchev–Trinajstić information content (AvgIpc) is 3.44. The van der Waals surface area contributed by atoms with Gasteiger partial charge in [0.15, 0.2) is 12.2 Å². The van der Waals surface area contributed by atoms with E-state index in [1.54, 1.807) is 24.3 Å². The third kappa shape index (κ3) is 3.18. The molecule has 6 rings (SSSR count). The van der Waals surface area contributed by atoms with Gasteiger partial charge in [0.2, 0.25) is 0 Å². The molecule has 3 aliphatic rings. The maximum Gasteiger partial charge on any atom is 0.338 e. The zero-order chi connectivity index (χ0) is 22.5. The van der Waals surface area contributed by atoms with Crippen molar-refractivity contribution < 1.29 is 19.1 Å². The third-order valence-electron chi connectivity index (χ3n) is 7.58. The Kier molecular flexibility index (Phi) is 4.80. The summed E-state index contributed by atoms with van der Waals surface area (Å²) in [5.74, 6) is -0.173. The molecule has 2 aliphatic heterocycles. The zero-order valence-corrected chi connectivity index (χ0v) is 18.3. The molecule has 1 aliphatic carbocycles. The topological polar surface area (TPSA) is 55.8 Å². The van der Waals surface area contributed by atoms with Gasteiger partial charge in [-0.05, 0) is 54.8 Å². The summed E-state index contributed by atoms with van der Waals surface area (Å²) in [7, 11) is 2.07. The molecule has 2 bridgehead atoms. The predicted octanol–water partition coefficient (Wildman–Crippen LogP) is 4.09. The number of nitrogens with zero attached hydrogens (tertiary/aromatic N) is 1. The fourth-order valence-corrected chi connectivity index (χ4v) is 6.29. The fraction of sp³-hybridized carbons (Fsp3) is 0.286. The third-order valence-corrected chi connectivity index (χ3v) is 7.58. The molecule has 0 saturated carbocycles. The summed E-state index contributed by atoms with van der Waals surface area (Å²) < 4.78 is 12.2. The number of ether oxygens (including phenoxy) is 2. The van der Waals surface area contributed by atoms with Crippen LogP contribution in [0, 0.1) is 5.92 Å². The molecule has 2 saturated heterocycles. The number of rotatable bonds is 4. The van der Waals surface area contributed by atoms with Crippen LogP contribution in [0.2, 0.25) is 0 Å². The van der Waals surface area contributed by atoms with Gasteiger partial charge in [-0.15, -0.1) is 0 Å². The van der Waals surface area contributed by atoms with Gasteiger partial charge in [0, 0.05) is 5.92 Å². The zero-order valence-electron chi connectivity index (χ0n) is 18.3.